The van der Waals surface area contributed by atoms with E-state index in [9.17, 15) is 13.6 Å². The quantitative estimate of drug-likeness (QED) is 0.872. The predicted octanol–water partition coefficient (Wildman–Crippen LogP) is 2.80. The van der Waals surface area contributed by atoms with Crippen LogP contribution >= 0.6 is 0 Å². The molecule has 0 spiro atoms. The maximum Gasteiger partial charge on any atom is 0.322 e. The number of carbonyl (C=O) groups is 1. The van der Waals surface area contributed by atoms with Crippen molar-refractivity contribution < 1.29 is 23.0 Å². The van der Waals surface area contributed by atoms with Crippen molar-refractivity contribution >= 4 is 11.7 Å². The number of ether oxygens (including phenoxy) is 2. The van der Waals surface area contributed by atoms with Crippen molar-refractivity contribution in [3.05, 3.63) is 29.8 Å². The van der Waals surface area contributed by atoms with Crippen LogP contribution in [0.2, 0.25) is 0 Å². The minimum Gasteiger partial charge on any atom is -0.373 e. The number of morpholine rings is 1. The van der Waals surface area contributed by atoms with Crippen molar-refractivity contribution in [1.82, 2.24) is 9.80 Å². The van der Waals surface area contributed by atoms with E-state index in [0.717, 1.165) is 23.6 Å². The molecule has 2 saturated heterocycles. The molecule has 0 radical (unpaired) electrons. The molecule has 1 aromatic rings. The SMILES string of the molecule is CC1CN(Cc2ccccc2NC(=O)N2CCOCC(F)(F)C2)CC(C)O1. The Bertz CT molecular complexity index is 649. The van der Waals surface area contributed by atoms with E-state index in [1.54, 1.807) is 6.07 Å². The lowest BCUT2D eigenvalue weighted by Crippen LogP contribution is -2.45. The van der Waals surface area contributed by atoms with E-state index in [4.69, 9.17) is 9.47 Å². The van der Waals surface area contributed by atoms with E-state index < -0.39 is 25.1 Å². The zero-order valence-corrected chi connectivity index (χ0v) is 15.8. The first-order valence-electron chi connectivity index (χ1n) is 9.29. The Balaban J connectivity index is 1.67. The number of amides is 2. The molecule has 0 bridgehead atoms. The van der Waals surface area contributed by atoms with Gasteiger partial charge in [-0.15, -0.1) is 0 Å². The number of anilines is 1. The number of urea groups is 1. The third-order valence-corrected chi connectivity index (χ3v) is 4.68. The molecule has 3 rings (SSSR count). The molecule has 2 fully saturated rings. The Morgan fingerprint density at radius 1 is 1.26 bits per heavy atom. The van der Waals surface area contributed by atoms with Crippen LogP contribution in [0.3, 0.4) is 0 Å². The zero-order valence-electron chi connectivity index (χ0n) is 15.8. The Labute approximate surface area is 158 Å². The molecular weight excluding hydrogens is 356 g/mol. The number of benzene rings is 1. The zero-order chi connectivity index (χ0) is 19.4. The van der Waals surface area contributed by atoms with Gasteiger partial charge in [0.2, 0.25) is 0 Å². The largest absolute Gasteiger partial charge is 0.373 e. The van der Waals surface area contributed by atoms with Gasteiger partial charge in [-0.1, -0.05) is 18.2 Å². The van der Waals surface area contributed by atoms with Crippen molar-refractivity contribution in [2.75, 3.05) is 44.7 Å². The predicted molar refractivity (Wildman–Crippen MR) is 98.1 cm³/mol. The van der Waals surface area contributed by atoms with Gasteiger partial charge in [-0.2, -0.15) is 0 Å². The smallest absolute Gasteiger partial charge is 0.322 e. The minimum absolute atomic E-state index is 0.105. The molecule has 27 heavy (non-hydrogen) atoms. The second-order valence-electron chi connectivity index (χ2n) is 7.37. The second kappa shape index (κ2) is 8.50. The summed E-state index contributed by atoms with van der Waals surface area (Å²) in [7, 11) is 0. The molecule has 1 aromatic carbocycles. The number of carbonyl (C=O) groups excluding carboxylic acids is 1. The Morgan fingerprint density at radius 3 is 2.70 bits per heavy atom. The summed E-state index contributed by atoms with van der Waals surface area (Å²) in [5.74, 6) is -3.03. The van der Waals surface area contributed by atoms with Gasteiger partial charge in [-0.25, -0.2) is 13.6 Å². The van der Waals surface area contributed by atoms with Crippen LogP contribution in [0.25, 0.3) is 0 Å². The van der Waals surface area contributed by atoms with Gasteiger partial charge in [0, 0.05) is 31.9 Å². The summed E-state index contributed by atoms with van der Waals surface area (Å²) in [6, 6.07) is 6.94. The molecule has 2 amide bonds. The molecule has 2 unspecified atom stereocenters. The molecule has 2 heterocycles. The maximum absolute atomic E-state index is 13.7. The van der Waals surface area contributed by atoms with Gasteiger partial charge in [0.15, 0.2) is 0 Å². The first kappa shape index (κ1) is 20.0. The molecule has 2 atom stereocenters. The number of alkyl halides is 2. The Kier molecular flexibility index (Phi) is 6.29. The van der Waals surface area contributed by atoms with Gasteiger partial charge in [-0.05, 0) is 25.5 Å². The van der Waals surface area contributed by atoms with E-state index in [0.29, 0.717) is 12.2 Å². The van der Waals surface area contributed by atoms with E-state index in [2.05, 4.69) is 10.2 Å². The Hall–Kier alpha value is -1.77. The first-order valence-corrected chi connectivity index (χ1v) is 9.29. The van der Waals surface area contributed by atoms with Crippen LogP contribution in [-0.4, -0.2) is 73.4 Å². The highest BCUT2D eigenvalue weighted by molar-refractivity contribution is 5.90. The average molecular weight is 383 g/mol. The molecule has 0 saturated carbocycles. The topological polar surface area (TPSA) is 54.0 Å². The molecular formula is C19H27F2N3O3. The number of hydrogen-bond acceptors (Lipinski definition) is 4. The monoisotopic (exact) mass is 383 g/mol. The number of nitrogens with one attached hydrogen (secondary N) is 1. The number of nitrogens with zero attached hydrogens (tertiary/aromatic N) is 2. The summed E-state index contributed by atoms with van der Waals surface area (Å²) >= 11 is 0. The van der Waals surface area contributed by atoms with Crippen LogP contribution in [0, 0.1) is 0 Å². The van der Waals surface area contributed by atoms with Crippen LogP contribution in [0.4, 0.5) is 19.3 Å². The molecule has 6 nitrogen and oxygen atoms in total. The number of para-hydroxylation sites is 1. The van der Waals surface area contributed by atoms with Gasteiger partial charge in [0.1, 0.15) is 6.61 Å². The summed E-state index contributed by atoms with van der Waals surface area (Å²) in [5, 5.41) is 2.80. The van der Waals surface area contributed by atoms with Gasteiger partial charge in [0.05, 0.1) is 25.4 Å². The highest BCUT2D eigenvalue weighted by atomic mass is 19.3. The lowest BCUT2D eigenvalue weighted by atomic mass is 10.1. The molecule has 150 valence electrons. The fourth-order valence-corrected chi connectivity index (χ4v) is 3.60. The van der Waals surface area contributed by atoms with Gasteiger partial charge in [-0.3, -0.25) is 4.90 Å². The number of rotatable bonds is 3. The average Bonchev–Trinajstić information content (AvgIpc) is 2.76. The third-order valence-electron chi connectivity index (χ3n) is 4.68. The van der Waals surface area contributed by atoms with Crippen molar-refractivity contribution in [1.29, 1.82) is 0 Å². The van der Waals surface area contributed by atoms with Crippen LogP contribution in [0.1, 0.15) is 19.4 Å². The minimum atomic E-state index is -3.03. The lowest BCUT2D eigenvalue weighted by molar-refractivity contribution is -0.0704. The molecule has 2 aliphatic heterocycles. The first-order chi connectivity index (χ1) is 12.8. The normalized spacial score (nSPS) is 26.4. The summed E-state index contributed by atoms with van der Waals surface area (Å²) in [5.41, 5.74) is 1.59. The number of halogens is 2. The Morgan fingerprint density at radius 2 is 1.96 bits per heavy atom. The van der Waals surface area contributed by atoms with Crippen molar-refractivity contribution in [3.63, 3.8) is 0 Å². The summed E-state index contributed by atoms with van der Waals surface area (Å²) < 4.78 is 38.1. The van der Waals surface area contributed by atoms with Crippen LogP contribution in [0.15, 0.2) is 24.3 Å². The fraction of sp³-hybridized carbons (Fsp3) is 0.632. The van der Waals surface area contributed by atoms with E-state index in [1.807, 2.05) is 32.0 Å². The summed E-state index contributed by atoms with van der Waals surface area (Å²) in [4.78, 5) is 15.9. The van der Waals surface area contributed by atoms with Crippen molar-refractivity contribution in [3.8, 4) is 0 Å². The second-order valence-corrected chi connectivity index (χ2v) is 7.37. The van der Waals surface area contributed by atoms with Crippen LogP contribution < -0.4 is 5.32 Å². The summed E-state index contributed by atoms with van der Waals surface area (Å²) in [6.07, 6.45) is 0.296. The van der Waals surface area contributed by atoms with Crippen LogP contribution in [-0.2, 0) is 16.0 Å². The van der Waals surface area contributed by atoms with Crippen LogP contribution in [0.5, 0.6) is 0 Å². The highest BCUT2D eigenvalue weighted by Crippen LogP contribution is 2.22. The molecule has 8 heteroatoms. The van der Waals surface area contributed by atoms with E-state index in [-0.39, 0.29) is 25.4 Å². The van der Waals surface area contributed by atoms with Crippen molar-refractivity contribution in [2.24, 2.45) is 0 Å². The fourth-order valence-electron chi connectivity index (χ4n) is 3.60. The molecule has 0 aliphatic carbocycles. The van der Waals surface area contributed by atoms with Gasteiger partial charge in [0.25, 0.3) is 5.92 Å². The molecule has 2 aliphatic rings. The van der Waals surface area contributed by atoms with Gasteiger partial charge < -0.3 is 19.7 Å². The molecule has 0 aromatic heterocycles. The third kappa shape index (κ3) is 5.60. The van der Waals surface area contributed by atoms with Crippen molar-refractivity contribution in [2.45, 2.75) is 38.5 Å². The van der Waals surface area contributed by atoms with Gasteiger partial charge >= 0.3 is 6.03 Å². The standard InChI is InChI=1S/C19H27F2N3O3/c1-14-9-23(10-15(2)27-14)11-16-5-3-4-6-17(16)22-18(25)24-7-8-26-13-19(20,21)12-24/h3-6,14-15H,7-13H2,1-2H3,(H,22,25). The lowest BCUT2D eigenvalue weighted by Gasteiger charge is -2.35. The van der Waals surface area contributed by atoms with E-state index >= 15 is 0 Å². The molecule has 1 N–H and O–H groups in total. The number of hydrogen-bond donors (Lipinski definition) is 1. The highest BCUT2D eigenvalue weighted by Gasteiger charge is 2.36. The maximum atomic E-state index is 13.7. The summed E-state index contributed by atoms with van der Waals surface area (Å²) in [6.45, 7) is 5.31. The van der Waals surface area contributed by atoms with E-state index in [1.165, 1.54) is 0 Å².